The molecule has 0 spiro atoms. The Morgan fingerprint density at radius 2 is 1.61 bits per heavy atom. The molecule has 2 rings (SSSR count). The molecule has 0 radical (unpaired) electrons. The Balaban J connectivity index is 2.31. The molecule has 18 heavy (non-hydrogen) atoms. The van der Waals surface area contributed by atoms with Crippen molar-refractivity contribution >= 4 is 5.69 Å². The number of hydrogen-bond donors (Lipinski definition) is 1. The fourth-order valence-electron chi connectivity index (χ4n) is 1.45. The second kappa shape index (κ2) is 5.27. The Labute approximate surface area is 105 Å². The predicted octanol–water partition coefficient (Wildman–Crippen LogP) is 2.47. The number of methoxy groups -OCH3 is 2. The van der Waals surface area contributed by atoms with Crippen LogP contribution < -0.4 is 19.9 Å². The molecule has 0 aliphatic heterocycles. The third-order valence-corrected chi connectivity index (χ3v) is 2.36. The molecule has 0 bridgehead atoms. The van der Waals surface area contributed by atoms with Gasteiger partial charge in [0.25, 0.3) is 0 Å². The van der Waals surface area contributed by atoms with Gasteiger partial charge in [-0.15, -0.1) is 0 Å². The molecule has 2 aromatic rings. The lowest BCUT2D eigenvalue weighted by Crippen LogP contribution is -1.94. The zero-order valence-corrected chi connectivity index (χ0v) is 10.2. The van der Waals surface area contributed by atoms with Gasteiger partial charge in [0.1, 0.15) is 17.2 Å². The highest BCUT2D eigenvalue weighted by molar-refractivity contribution is 5.52. The summed E-state index contributed by atoms with van der Waals surface area (Å²) < 4.78 is 16.0. The summed E-state index contributed by atoms with van der Waals surface area (Å²) in [5.41, 5.74) is 6.23. The number of benzene rings is 1. The van der Waals surface area contributed by atoms with Crippen molar-refractivity contribution in [2.75, 3.05) is 20.0 Å². The molecule has 0 aliphatic carbocycles. The van der Waals surface area contributed by atoms with E-state index in [4.69, 9.17) is 19.9 Å². The first-order valence-corrected chi connectivity index (χ1v) is 5.33. The lowest BCUT2D eigenvalue weighted by molar-refractivity contribution is 0.386. The van der Waals surface area contributed by atoms with Crippen LogP contribution in [-0.4, -0.2) is 19.2 Å². The fourth-order valence-corrected chi connectivity index (χ4v) is 1.45. The maximum absolute atomic E-state index is 5.76. The first-order valence-electron chi connectivity index (χ1n) is 5.33. The van der Waals surface area contributed by atoms with Crippen molar-refractivity contribution in [3.8, 4) is 23.0 Å². The van der Waals surface area contributed by atoms with Gasteiger partial charge in [0.05, 0.1) is 26.1 Å². The zero-order valence-electron chi connectivity index (χ0n) is 10.2. The largest absolute Gasteiger partial charge is 0.496 e. The van der Waals surface area contributed by atoms with Gasteiger partial charge in [0.15, 0.2) is 5.75 Å². The molecule has 94 valence electrons. The van der Waals surface area contributed by atoms with Crippen LogP contribution in [0.1, 0.15) is 0 Å². The third-order valence-electron chi connectivity index (χ3n) is 2.36. The molecule has 0 atom stereocenters. The molecular formula is C13H14N2O3. The number of aromatic nitrogens is 1. The Bertz CT molecular complexity index is 521. The Morgan fingerprint density at radius 1 is 1.00 bits per heavy atom. The minimum atomic E-state index is 0.472. The lowest BCUT2D eigenvalue weighted by atomic mass is 10.3. The summed E-state index contributed by atoms with van der Waals surface area (Å²) in [6.45, 7) is 0. The second-order valence-electron chi connectivity index (χ2n) is 3.56. The first-order chi connectivity index (χ1) is 8.72. The van der Waals surface area contributed by atoms with Crippen LogP contribution in [0.15, 0.2) is 36.7 Å². The van der Waals surface area contributed by atoms with E-state index in [0.717, 1.165) is 0 Å². The molecule has 0 amide bonds. The summed E-state index contributed by atoms with van der Waals surface area (Å²) in [6, 6.07) is 6.97. The number of nitrogen functional groups attached to an aromatic ring is 1. The van der Waals surface area contributed by atoms with Crippen molar-refractivity contribution < 1.29 is 14.2 Å². The second-order valence-corrected chi connectivity index (χ2v) is 3.56. The smallest absolute Gasteiger partial charge is 0.153 e. The number of hydrogen-bond acceptors (Lipinski definition) is 5. The van der Waals surface area contributed by atoms with Crippen LogP contribution in [-0.2, 0) is 0 Å². The van der Waals surface area contributed by atoms with Crippen LogP contribution in [0.2, 0.25) is 0 Å². The van der Waals surface area contributed by atoms with Gasteiger partial charge in [0, 0.05) is 30.5 Å². The Kier molecular flexibility index (Phi) is 3.52. The van der Waals surface area contributed by atoms with Gasteiger partial charge in [-0.25, -0.2) is 0 Å². The van der Waals surface area contributed by atoms with E-state index in [-0.39, 0.29) is 0 Å². The molecule has 0 fully saturated rings. The predicted molar refractivity (Wildman–Crippen MR) is 68.3 cm³/mol. The number of nitrogens with zero attached hydrogens (tertiary/aromatic N) is 1. The normalized spacial score (nSPS) is 9.89. The summed E-state index contributed by atoms with van der Waals surface area (Å²) >= 11 is 0. The van der Waals surface area contributed by atoms with Crippen molar-refractivity contribution in [1.29, 1.82) is 0 Å². The summed E-state index contributed by atoms with van der Waals surface area (Å²) in [4.78, 5) is 3.90. The van der Waals surface area contributed by atoms with E-state index in [0.29, 0.717) is 28.7 Å². The molecule has 2 N–H and O–H groups in total. The third kappa shape index (κ3) is 2.63. The van der Waals surface area contributed by atoms with Gasteiger partial charge in [-0.05, 0) is 0 Å². The molecule has 1 heterocycles. The molecule has 0 aliphatic rings. The Morgan fingerprint density at radius 3 is 2.17 bits per heavy atom. The average Bonchev–Trinajstić information content (AvgIpc) is 2.41. The van der Waals surface area contributed by atoms with Crippen LogP contribution in [0.25, 0.3) is 0 Å². The van der Waals surface area contributed by atoms with Crippen LogP contribution in [0.5, 0.6) is 23.0 Å². The Hall–Kier alpha value is -2.43. The molecule has 1 aromatic carbocycles. The van der Waals surface area contributed by atoms with E-state index in [9.17, 15) is 0 Å². The molecule has 1 aromatic heterocycles. The number of rotatable bonds is 4. The van der Waals surface area contributed by atoms with Crippen LogP contribution >= 0.6 is 0 Å². The van der Waals surface area contributed by atoms with Gasteiger partial charge in [0.2, 0.25) is 0 Å². The highest BCUT2D eigenvalue weighted by Crippen LogP contribution is 2.32. The molecule has 5 nitrogen and oxygen atoms in total. The highest BCUT2D eigenvalue weighted by atomic mass is 16.5. The van der Waals surface area contributed by atoms with E-state index in [1.165, 1.54) is 6.20 Å². The number of nitrogens with two attached hydrogens (primary N) is 1. The summed E-state index contributed by atoms with van der Waals surface area (Å²) in [7, 11) is 3.17. The van der Waals surface area contributed by atoms with Crippen molar-refractivity contribution in [3.05, 3.63) is 36.7 Å². The highest BCUT2D eigenvalue weighted by Gasteiger charge is 2.06. The SMILES string of the molecule is COc1cc(OC)cc(Oc2ccncc2N)c1. The van der Waals surface area contributed by atoms with E-state index >= 15 is 0 Å². The quantitative estimate of drug-likeness (QED) is 0.897. The molecular weight excluding hydrogens is 232 g/mol. The molecule has 5 heteroatoms. The van der Waals surface area contributed by atoms with Gasteiger partial charge in [-0.1, -0.05) is 0 Å². The van der Waals surface area contributed by atoms with Gasteiger partial charge < -0.3 is 19.9 Å². The van der Waals surface area contributed by atoms with Crippen LogP contribution in [0.4, 0.5) is 5.69 Å². The minimum Gasteiger partial charge on any atom is -0.496 e. The summed E-state index contributed by atoms with van der Waals surface area (Å²) in [6.07, 6.45) is 3.15. The summed E-state index contributed by atoms with van der Waals surface area (Å²) in [5.74, 6) is 2.43. The van der Waals surface area contributed by atoms with Crippen LogP contribution in [0.3, 0.4) is 0 Å². The fraction of sp³-hybridized carbons (Fsp3) is 0.154. The van der Waals surface area contributed by atoms with Gasteiger partial charge in [-0.3, -0.25) is 4.98 Å². The standard InChI is InChI=1S/C13H14N2O3/c1-16-9-5-10(17-2)7-11(6-9)18-13-3-4-15-8-12(13)14/h3-8H,14H2,1-2H3. The maximum Gasteiger partial charge on any atom is 0.153 e. The molecule has 0 saturated carbocycles. The molecule has 0 saturated heterocycles. The monoisotopic (exact) mass is 246 g/mol. The topological polar surface area (TPSA) is 66.6 Å². The van der Waals surface area contributed by atoms with Crippen molar-refractivity contribution in [2.24, 2.45) is 0 Å². The number of anilines is 1. The van der Waals surface area contributed by atoms with Crippen molar-refractivity contribution in [3.63, 3.8) is 0 Å². The summed E-state index contributed by atoms with van der Waals surface area (Å²) in [5, 5.41) is 0. The minimum absolute atomic E-state index is 0.472. The maximum atomic E-state index is 5.76. The van der Waals surface area contributed by atoms with E-state index in [2.05, 4.69) is 4.98 Å². The molecule has 0 unspecified atom stereocenters. The number of pyridine rings is 1. The van der Waals surface area contributed by atoms with Crippen molar-refractivity contribution in [1.82, 2.24) is 4.98 Å². The van der Waals surface area contributed by atoms with E-state index in [1.54, 1.807) is 44.7 Å². The number of ether oxygens (including phenoxy) is 3. The first kappa shape index (κ1) is 12.0. The zero-order chi connectivity index (χ0) is 13.0. The lowest BCUT2D eigenvalue weighted by Gasteiger charge is -2.10. The van der Waals surface area contributed by atoms with Gasteiger partial charge >= 0.3 is 0 Å². The van der Waals surface area contributed by atoms with Gasteiger partial charge in [-0.2, -0.15) is 0 Å². The van der Waals surface area contributed by atoms with E-state index < -0.39 is 0 Å². The van der Waals surface area contributed by atoms with Crippen molar-refractivity contribution in [2.45, 2.75) is 0 Å². The van der Waals surface area contributed by atoms with Crippen LogP contribution in [0, 0.1) is 0 Å². The average molecular weight is 246 g/mol. The van der Waals surface area contributed by atoms with E-state index in [1.807, 2.05) is 0 Å².